The van der Waals surface area contributed by atoms with E-state index in [0.29, 0.717) is 6.04 Å². The Morgan fingerprint density at radius 3 is 2.86 bits per heavy atom. The van der Waals surface area contributed by atoms with Crippen LogP contribution >= 0.6 is 0 Å². The molecule has 76 valence electrons. The Morgan fingerprint density at radius 1 is 1.29 bits per heavy atom. The molecule has 0 bridgehead atoms. The van der Waals surface area contributed by atoms with Gasteiger partial charge in [0.2, 0.25) is 0 Å². The van der Waals surface area contributed by atoms with Crippen LogP contribution in [0, 0.1) is 6.92 Å². The van der Waals surface area contributed by atoms with Crippen molar-refractivity contribution in [1.29, 1.82) is 0 Å². The highest BCUT2D eigenvalue weighted by Crippen LogP contribution is 2.23. The van der Waals surface area contributed by atoms with Crippen molar-refractivity contribution in [2.75, 3.05) is 6.54 Å². The van der Waals surface area contributed by atoms with E-state index in [-0.39, 0.29) is 0 Å². The molecule has 0 saturated carbocycles. The Balaban J connectivity index is 2.03. The smallest absolute Gasteiger partial charge is 0.0148 e. The van der Waals surface area contributed by atoms with E-state index in [4.69, 9.17) is 0 Å². The Labute approximate surface area is 86.5 Å². The molecule has 0 spiro atoms. The second-order valence-corrected chi connectivity index (χ2v) is 4.33. The van der Waals surface area contributed by atoms with Gasteiger partial charge in [-0.15, -0.1) is 0 Å². The predicted molar refractivity (Wildman–Crippen MR) is 60.7 cm³/mol. The van der Waals surface area contributed by atoms with Crippen molar-refractivity contribution in [2.24, 2.45) is 0 Å². The summed E-state index contributed by atoms with van der Waals surface area (Å²) in [6.45, 7) is 5.55. The third-order valence-electron chi connectivity index (χ3n) is 2.98. The average molecular weight is 189 g/mol. The van der Waals surface area contributed by atoms with Gasteiger partial charge in [-0.05, 0) is 43.9 Å². The first kappa shape index (κ1) is 9.72. The molecule has 0 amide bonds. The first-order valence-electron chi connectivity index (χ1n) is 5.61. The lowest BCUT2D eigenvalue weighted by molar-refractivity contribution is 0.531. The molecule has 1 heteroatoms. The maximum absolute atomic E-state index is 3.60. The second-order valence-electron chi connectivity index (χ2n) is 4.33. The van der Waals surface area contributed by atoms with E-state index in [1.807, 2.05) is 0 Å². The summed E-state index contributed by atoms with van der Waals surface area (Å²) in [5.74, 6) is 0. The van der Waals surface area contributed by atoms with Crippen LogP contribution in [0.1, 0.15) is 30.0 Å². The third-order valence-corrected chi connectivity index (χ3v) is 2.98. The van der Waals surface area contributed by atoms with Crippen LogP contribution in [-0.4, -0.2) is 12.6 Å². The molecule has 1 aliphatic rings. The van der Waals surface area contributed by atoms with Crippen molar-refractivity contribution in [3.05, 3.63) is 34.9 Å². The molecular formula is C13H19N. The molecule has 0 fully saturated rings. The number of fused-ring (bicyclic) bond motifs is 1. The molecule has 1 atom stereocenters. The van der Waals surface area contributed by atoms with Crippen LogP contribution in [0.5, 0.6) is 0 Å². The normalized spacial score (nSPS) is 19.7. The molecule has 1 aromatic carbocycles. The van der Waals surface area contributed by atoms with Crippen molar-refractivity contribution >= 4 is 0 Å². The van der Waals surface area contributed by atoms with Gasteiger partial charge in [-0.25, -0.2) is 0 Å². The van der Waals surface area contributed by atoms with Crippen LogP contribution in [-0.2, 0) is 12.8 Å². The first-order chi connectivity index (χ1) is 6.79. The van der Waals surface area contributed by atoms with Crippen LogP contribution in [0.25, 0.3) is 0 Å². The van der Waals surface area contributed by atoms with Gasteiger partial charge < -0.3 is 5.32 Å². The Hall–Kier alpha value is -0.820. The molecule has 14 heavy (non-hydrogen) atoms. The lowest BCUT2D eigenvalue weighted by atomic mass is 10.1. The van der Waals surface area contributed by atoms with E-state index < -0.39 is 0 Å². The molecule has 0 aromatic heterocycles. The zero-order valence-electron chi connectivity index (χ0n) is 9.14. The van der Waals surface area contributed by atoms with E-state index in [2.05, 4.69) is 37.4 Å². The molecule has 1 nitrogen and oxygen atoms in total. The van der Waals surface area contributed by atoms with Crippen LogP contribution in [0.15, 0.2) is 18.2 Å². The topological polar surface area (TPSA) is 12.0 Å². The summed E-state index contributed by atoms with van der Waals surface area (Å²) in [7, 11) is 0. The van der Waals surface area contributed by atoms with E-state index in [0.717, 1.165) is 6.54 Å². The number of aryl methyl sites for hydroxylation is 1. The van der Waals surface area contributed by atoms with Gasteiger partial charge in [0.1, 0.15) is 0 Å². The SMILES string of the molecule is CCCNC1Cc2ccc(C)cc2C1. The van der Waals surface area contributed by atoms with Gasteiger partial charge in [-0.3, -0.25) is 0 Å². The second kappa shape index (κ2) is 4.14. The van der Waals surface area contributed by atoms with Crippen LogP contribution in [0.2, 0.25) is 0 Å². The number of benzene rings is 1. The summed E-state index contributed by atoms with van der Waals surface area (Å²) in [5, 5.41) is 3.60. The van der Waals surface area contributed by atoms with E-state index >= 15 is 0 Å². The summed E-state index contributed by atoms with van der Waals surface area (Å²) in [4.78, 5) is 0. The molecule has 0 radical (unpaired) electrons. The monoisotopic (exact) mass is 189 g/mol. The van der Waals surface area contributed by atoms with E-state index in [1.165, 1.54) is 24.8 Å². The maximum Gasteiger partial charge on any atom is 0.0148 e. The van der Waals surface area contributed by atoms with Gasteiger partial charge in [-0.1, -0.05) is 30.7 Å². The Morgan fingerprint density at radius 2 is 2.07 bits per heavy atom. The van der Waals surface area contributed by atoms with Gasteiger partial charge in [0.15, 0.2) is 0 Å². The third kappa shape index (κ3) is 1.98. The summed E-state index contributed by atoms with van der Waals surface area (Å²) in [5.41, 5.74) is 4.49. The zero-order valence-corrected chi connectivity index (χ0v) is 9.14. The summed E-state index contributed by atoms with van der Waals surface area (Å²) in [6.07, 6.45) is 3.67. The Bertz CT molecular complexity index is 317. The predicted octanol–water partition coefficient (Wildman–Crippen LogP) is 2.46. The molecule has 1 aliphatic carbocycles. The molecule has 1 unspecified atom stereocenters. The van der Waals surface area contributed by atoms with Crippen molar-refractivity contribution < 1.29 is 0 Å². The maximum atomic E-state index is 3.60. The minimum atomic E-state index is 0.687. The summed E-state index contributed by atoms with van der Waals surface area (Å²) in [6, 6.07) is 7.54. The standard InChI is InChI=1S/C13H19N/c1-3-6-14-13-8-11-5-4-10(2)7-12(11)9-13/h4-5,7,13-14H,3,6,8-9H2,1-2H3. The van der Waals surface area contributed by atoms with Gasteiger partial charge in [-0.2, -0.15) is 0 Å². The highest BCUT2D eigenvalue weighted by atomic mass is 14.9. The molecule has 1 N–H and O–H groups in total. The van der Waals surface area contributed by atoms with Gasteiger partial charge in [0.25, 0.3) is 0 Å². The summed E-state index contributed by atoms with van der Waals surface area (Å²) < 4.78 is 0. The molecule has 2 rings (SSSR count). The molecule has 0 heterocycles. The molecular weight excluding hydrogens is 170 g/mol. The van der Waals surface area contributed by atoms with E-state index in [1.54, 1.807) is 11.1 Å². The molecule has 0 saturated heterocycles. The highest BCUT2D eigenvalue weighted by Gasteiger charge is 2.19. The highest BCUT2D eigenvalue weighted by molar-refractivity contribution is 5.36. The fourth-order valence-corrected chi connectivity index (χ4v) is 2.24. The molecule has 0 aliphatic heterocycles. The lowest BCUT2D eigenvalue weighted by Gasteiger charge is -2.09. The van der Waals surface area contributed by atoms with Gasteiger partial charge in [0.05, 0.1) is 0 Å². The van der Waals surface area contributed by atoms with E-state index in [9.17, 15) is 0 Å². The molecule has 1 aromatic rings. The van der Waals surface area contributed by atoms with Crippen molar-refractivity contribution in [3.63, 3.8) is 0 Å². The average Bonchev–Trinajstić information content (AvgIpc) is 2.56. The number of rotatable bonds is 3. The number of nitrogens with one attached hydrogen (secondary N) is 1. The van der Waals surface area contributed by atoms with Crippen LogP contribution in [0.3, 0.4) is 0 Å². The van der Waals surface area contributed by atoms with Gasteiger partial charge in [0, 0.05) is 6.04 Å². The lowest BCUT2D eigenvalue weighted by Crippen LogP contribution is -2.29. The minimum Gasteiger partial charge on any atom is -0.313 e. The van der Waals surface area contributed by atoms with Crippen LogP contribution in [0.4, 0.5) is 0 Å². The van der Waals surface area contributed by atoms with Crippen molar-refractivity contribution in [2.45, 2.75) is 39.2 Å². The van der Waals surface area contributed by atoms with Crippen LogP contribution < -0.4 is 5.32 Å². The Kier molecular flexibility index (Phi) is 2.87. The number of hydrogen-bond acceptors (Lipinski definition) is 1. The minimum absolute atomic E-state index is 0.687. The quantitative estimate of drug-likeness (QED) is 0.770. The first-order valence-corrected chi connectivity index (χ1v) is 5.61. The summed E-state index contributed by atoms with van der Waals surface area (Å²) >= 11 is 0. The van der Waals surface area contributed by atoms with Crippen molar-refractivity contribution in [3.8, 4) is 0 Å². The zero-order chi connectivity index (χ0) is 9.97. The fraction of sp³-hybridized carbons (Fsp3) is 0.538. The van der Waals surface area contributed by atoms with Crippen molar-refractivity contribution in [1.82, 2.24) is 5.32 Å². The largest absolute Gasteiger partial charge is 0.313 e. The number of hydrogen-bond donors (Lipinski definition) is 1. The fourth-order valence-electron chi connectivity index (χ4n) is 2.24. The van der Waals surface area contributed by atoms with Gasteiger partial charge >= 0.3 is 0 Å².